The van der Waals surface area contributed by atoms with Crippen LogP contribution in [-0.2, 0) is 0 Å². The Hall–Kier alpha value is -6.42. The molecule has 0 aliphatic carbocycles. The monoisotopic (exact) mass is 668 g/mol. The Morgan fingerprint density at radius 2 is 1.00 bits per heavy atom. The number of aromatic nitrogens is 1. The van der Waals surface area contributed by atoms with E-state index in [2.05, 4.69) is 204 Å². The normalized spacial score (nSPS) is 11.5. The molecule has 240 valence electrons. The number of hydrogen-bond donors (Lipinski definition) is 0. The van der Waals surface area contributed by atoms with E-state index in [0.29, 0.717) is 0 Å². The van der Waals surface area contributed by atoms with Gasteiger partial charge < -0.3 is 9.47 Å². The molecule has 0 spiro atoms. The summed E-state index contributed by atoms with van der Waals surface area (Å²) in [5, 5.41) is 5.05. The van der Waals surface area contributed by atoms with Crippen molar-refractivity contribution in [3.05, 3.63) is 194 Å². The highest BCUT2D eigenvalue weighted by Gasteiger charge is 2.23. The number of thiophene rings is 1. The molecule has 0 aliphatic rings. The number of fused-ring (bicyclic) bond motifs is 6. The van der Waals surface area contributed by atoms with Crippen LogP contribution in [0.3, 0.4) is 0 Å². The maximum absolute atomic E-state index is 2.46. The van der Waals surface area contributed by atoms with Crippen molar-refractivity contribution in [2.24, 2.45) is 0 Å². The first-order chi connectivity index (χ1) is 25.3. The van der Waals surface area contributed by atoms with Gasteiger partial charge in [0, 0.05) is 47.9 Å². The van der Waals surface area contributed by atoms with Gasteiger partial charge in [-0.3, -0.25) is 0 Å². The quantitative estimate of drug-likeness (QED) is 0.171. The zero-order valence-electron chi connectivity index (χ0n) is 27.8. The first kappa shape index (κ1) is 29.5. The number of anilines is 3. The van der Waals surface area contributed by atoms with Crippen molar-refractivity contribution in [2.75, 3.05) is 4.90 Å². The van der Waals surface area contributed by atoms with E-state index in [4.69, 9.17) is 0 Å². The van der Waals surface area contributed by atoms with Gasteiger partial charge in [-0.2, -0.15) is 0 Å². The van der Waals surface area contributed by atoms with E-state index in [0.717, 1.165) is 22.7 Å². The number of para-hydroxylation sites is 3. The lowest BCUT2D eigenvalue weighted by Crippen LogP contribution is -2.11. The molecule has 0 atom stereocenters. The van der Waals surface area contributed by atoms with Crippen LogP contribution in [0.25, 0.3) is 69.9 Å². The van der Waals surface area contributed by atoms with Gasteiger partial charge in [0.05, 0.1) is 22.4 Å². The molecule has 3 heteroatoms. The maximum Gasteiger partial charge on any atom is 0.0562 e. The highest BCUT2D eigenvalue weighted by atomic mass is 32.1. The summed E-state index contributed by atoms with van der Waals surface area (Å²) in [7, 11) is 0. The van der Waals surface area contributed by atoms with Crippen LogP contribution in [0.2, 0.25) is 0 Å². The molecule has 0 amide bonds. The molecule has 0 radical (unpaired) electrons. The van der Waals surface area contributed by atoms with E-state index in [1.54, 1.807) is 0 Å². The van der Waals surface area contributed by atoms with Crippen molar-refractivity contribution in [2.45, 2.75) is 0 Å². The Morgan fingerprint density at radius 1 is 0.392 bits per heavy atom. The molecule has 51 heavy (non-hydrogen) atoms. The summed E-state index contributed by atoms with van der Waals surface area (Å²) in [6, 6.07) is 70.4. The number of nitrogens with zero attached hydrogens (tertiary/aromatic N) is 2. The summed E-state index contributed by atoms with van der Waals surface area (Å²) in [6.45, 7) is 0. The Morgan fingerprint density at radius 3 is 1.84 bits per heavy atom. The summed E-state index contributed by atoms with van der Waals surface area (Å²) in [5.41, 5.74) is 11.7. The predicted octanol–water partition coefficient (Wildman–Crippen LogP) is 14.0. The van der Waals surface area contributed by atoms with Crippen LogP contribution < -0.4 is 4.90 Å². The van der Waals surface area contributed by atoms with E-state index in [1.807, 2.05) is 11.3 Å². The second-order valence-electron chi connectivity index (χ2n) is 12.9. The molecule has 2 nitrogen and oxygen atoms in total. The topological polar surface area (TPSA) is 8.17 Å². The second kappa shape index (κ2) is 12.2. The van der Waals surface area contributed by atoms with Crippen LogP contribution in [-0.4, -0.2) is 4.57 Å². The van der Waals surface area contributed by atoms with Gasteiger partial charge in [0.2, 0.25) is 0 Å². The van der Waals surface area contributed by atoms with E-state index in [1.165, 1.54) is 64.2 Å². The number of hydrogen-bond acceptors (Lipinski definition) is 2. The van der Waals surface area contributed by atoms with Gasteiger partial charge in [0.15, 0.2) is 0 Å². The maximum atomic E-state index is 2.46. The Labute approximate surface area is 300 Å². The van der Waals surface area contributed by atoms with Crippen molar-refractivity contribution >= 4 is 70.4 Å². The third-order valence-electron chi connectivity index (χ3n) is 10.00. The zero-order valence-corrected chi connectivity index (χ0v) is 28.6. The average Bonchev–Trinajstić information content (AvgIpc) is 3.75. The summed E-state index contributed by atoms with van der Waals surface area (Å²) >= 11 is 1.86. The van der Waals surface area contributed by atoms with Crippen molar-refractivity contribution in [3.63, 3.8) is 0 Å². The van der Waals surface area contributed by atoms with E-state index >= 15 is 0 Å². The van der Waals surface area contributed by atoms with Crippen LogP contribution in [0.15, 0.2) is 194 Å². The minimum Gasteiger partial charge on any atom is -0.309 e. The van der Waals surface area contributed by atoms with Crippen molar-refractivity contribution in [3.8, 4) is 27.9 Å². The van der Waals surface area contributed by atoms with E-state index < -0.39 is 0 Å². The molecule has 10 aromatic rings. The third-order valence-corrected chi connectivity index (χ3v) is 11.1. The molecular formula is C48H32N2S. The minimum absolute atomic E-state index is 1.10. The van der Waals surface area contributed by atoms with Gasteiger partial charge in [-0.15, -0.1) is 11.3 Å². The lowest BCUT2D eigenvalue weighted by Gasteiger charge is -2.29. The molecule has 2 aromatic heterocycles. The van der Waals surface area contributed by atoms with Crippen LogP contribution in [0.1, 0.15) is 0 Å². The largest absolute Gasteiger partial charge is 0.309 e. The van der Waals surface area contributed by atoms with Crippen LogP contribution >= 0.6 is 11.3 Å². The summed E-state index contributed by atoms with van der Waals surface area (Å²) < 4.78 is 5.02. The molecule has 0 aliphatic heterocycles. The molecule has 0 N–H and O–H groups in total. The summed E-state index contributed by atoms with van der Waals surface area (Å²) in [6.07, 6.45) is 0. The van der Waals surface area contributed by atoms with Gasteiger partial charge in [0.1, 0.15) is 0 Å². The average molecular weight is 669 g/mol. The summed E-state index contributed by atoms with van der Waals surface area (Å²) in [4.78, 5) is 2.46. The molecule has 0 saturated heterocycles. The fourth-order valence-corrected chi connectivity index (χ4v) is 8.78. The second-order valence-corrected chi connectivity index (χ2v) is 14.0. The highest BCUT2D eigenvalue weighted by Crippen LogP contribution is 2.47. The lowest BCUT2D eigenvalue weighted by atomic mass is 9.98. The Bertz CT molecular complexity index is 2850. The standard InChI is InChI=1S/C48H32N2S/c1-3-14-33(15-4-1)34-26-29-37(30-27-34)50(42-21-10-7-18-38(42)35-28-31-47-41(32-35)39-19-9-12-25-46(39)51-47)45-24-13-23-44-48(45)40-20-8-11-22-43(40)49(44)36-16-5-2-6-17-36/h1-32H. The van der Waals surface area contributed by atoms with Crippen molar-refractivity contribution < 1.29 is 0 Å². The first-order valence-corrected chi connectivity index (χ1v) is 18.2. The molecule has 2 heterocycles. The van der Waals surface area contributed by atoms with Crippen LogP contribution in [0.4, 0.5) is 17.1 Å². The molecule has 0 bridgehead atoms. The van der Waals surface area contributed by atoms with Gasteiger partial charge in [-0.05, 0) is 83.4 Å². The van der Waals surface area contributed by atoms with Gasteiger partial charge in [0.25, 0.3) is 0 Å². The Balaban J connectivity index is 1.24. The van der Waals surface area contributed by atoms with Crippen LogP contribution in [0, 0.1) is 0 Å². The Kier molecular flexibility index (Phi) is 7.04. The predicted molar refractivity (Wildman–Crippen MR) is 219 cm³/mol. The fourth-order valence-electron chi connectivity index (χ4n) is 7.69. The minimum atomic E-state index is 1.10. The van der Waals surface area contributed by atoms with Crippen LogP contribution in [0.5, 0.6) is 0 Å². The SMILES string of the molecule is c1ccc(-c2ccc(N(c3ccccc3-c3ccc4sc5ccccc5c4c3)c3cccc4c3c3ccccc3n4-c3ccccc3)cc2)cc1. The van der Waals surface area contributed by atoms with E-state index in [-0.39, 0.29) is 0 Å². The molecule has 0 fully saturated rings. The zero-order chi connectivity index (χ0) is 33.7. The summed E-state index contributed by atoms with van der Waals surface area (Å²) in [5.74, 6) is 0. The van der Waals surface area contributed by atoms with E-state index in [9.17, 15) is 0 Å². The van der Waals surface area contributed by atoms with Gasteiger partial charge in [-0.25, -0.2) is 0 Å². The fraction of sp³-hybridized carbons (Fsp3) is 0. The first-order valence-electron chi connectivity index (χ1n) is 17.4. The number of benzene rings is 8. The number of rotatable bonds is 6. The highest BCUT2D eigenvalue weighted by molar-refractivity contribution is 7.25. The molecular weight excluding hydrogens is 637 g/mol. The van der Waals surface area contributed by atoms with Crippen molar-refractivity contribution in [1.29, 1.82) is 0 Å². The van der Waals surface area contributed by atoms with Gasteiger partial charge in [-0.1, -0.05) is 127 Å². The third kappa shape index (κ3) is 4.93. The van der Waals surface area contributed by atoms with Crippen molar-refractivity contribution in [1.82, 2.24) is 4.57 Å². The molecule has 0 saturated carbocycles. The smallest absolute Gasteiger partial charge is 0.0562 e. The molecule has 0 unspecified atom stereocenters. The van der Waals surface area contributed by atoms with Gasteiger partial charge >= 0.3 is 0 Å². The lowest BCUT2D eigenvalue weighted by molar-refractivity contribution is 1.18. The molecule has 10 rings (SSSR count). The molecule has 8 aromatic carbocycles.